The molecule has 0 aromatic carbocycles. The first-order valence-corrected chi connectivity index (χ1v) is 4.41. The Hall–Kier alpha value is -1.91. The van der Waals surface area contributed by atoms with Gasteiger partial charge in [0, 0.05) is 6.20 Å². The fourth-order valence-corrected chi connectivity index (χ4v) is 0.916. The minimum Gasteiger partial charge on any atom is -0.478 e. The highest BCUT2D eigenvalue weighted by atomic mass is 16.5. The summed E-state index contributed by atoms with van der Waals surface area (Å²) >= 11 is 0. The van der Waals surface area contributed by atoms with Gasteiger partial charge in [-0.15, -0.1) is 0 Å². The van der Waals surface area contributed by atoms with Crippen molar-refractivity contribution in [3.63, 3.8) is 0 Å². The Balaban J connectivity index is 2.80. The standard InChI is InChI=1S/C10H11NO4/c1-6(2)15-10(14)8-4-3-7(5-11-8)9(12)13/h3-6H,1-2H3,(H,12,13). The molecular weight excluding hydrogens is 198 g/mol. The summed E-state index contributed by atoms with van der Waals surface area (Å²) in [6, 6.07) is 2.64. The third kappa shape index (κ3) is 3.05. The smallest absolute Gasteiger partial charge is 0.357 e. The van der Waals surface area contributed by atoms with E-state index in [1.165, 1.54) is 12.1 Å². The van der Waals surface area contributed by atoms with Crippen LogP contribution in [0.5, 0.6) is 0 Å². The minimum absolute atomic E-state index is 0.0381. The van der Waals surface area contributed by atoms with Crippen LogP contribution >= 0.6 is 0 Å². The molecule has 0 fully saturated rings. The van der Waals surface area contributed by atoms with Crippen LogP contribution in [0.15, 0.2) is 18.3 Å². The monoisotopic (exact) mass is 209 g/mol. The average Bonchev–Trinajstić information content (AvgIpc) is 2.17. The lowest BCUT2D eigenvalue weighted by molar-refractivity contribution is 0.0370. The van der Waals surface area contributed by atoms with Crippen molar-refractivity contribution in [1.29, 1.82) is 0 Å². The summed E-state index contributed by atoms with van der Waals surface area (Å²) < 4.78 is 4.89. The molecule has 5 heteroatoms. The molecule has 15 heavy (non-hydrogen) atoms. The fourth-order valence-electron chi connectivity index (χ4n) is 0.916. The van der Waals surface area contributed by atoms with Crippen LogP contribution in [0.3, 0.4) is 0 Å². The number of carboxylic acids is 1. The molecule has 0 aliphatic heterocycles. The number of carbonyl (C=O) groups excluding carboxylic acids is 1. The highest BCUT2D eigenvalue weighted by Gasteiger charge is 2.11. The lowest BCUT2D eigenvalue weighted by atomic mass is 10.2. The van der Waals surface area contributed by atoms with Gasteiger partial charge in [0.1, 0.15) is 5.69 Å². The van der Waals surface area contributed by atoms with E-state index in [0.29, 0.717) is 0 Å². The summed E-state index contributed by atoms with van der Waals surface area (Å²) in [5.74, 6) is -1.63. The molecule has 0 saturated carbocycles. The zero-order valence-electron chi connectivity index (χ0n) is 8.43. The van der Waals surface area contributed by atoms with E-state index in [1.807, 2.05) is 0 Å². The van der Waals surface area contributed by atoms with Gasteiger partial charge >= 0.3 is 11.9 Å². The van der Waals surface area contributed by atoms with Crippen molar-refractivity contribution in [1.82, 2.24) is 4.98 Å². The molecule has 0 radical (unpaired) electrons. The van der Waals surface area contributed by atoms with Gasteiger partial charge < -0.3 is 9.84 Å². The van der Waals surface area contributed by atoms with Gasteiger partial charge in [0.15, 0.2) is 0 Å². The zero-order valence-corrected chi connectivity index (χ0v) is 8.43. The van der Waals surface area contributed by atoms with Gasteiger partial charge in [0.25, 0.3) is 0 Å². The number of carboxylic acid groups (broad SMARTS) is 1. The zero-order chi connectivity index (χ0) is 11.4. The van der Waals surface area contributed by atoms with Crippen molar-refractivity contribution >= 4 is 11.9 Å². The number of nitrogens with zero attached hydrogens (tertiary/aromatic N) is 1. The Morgan fingerprint density at radius 2 is 2.07 bits per heavy atom. The maximum Gasteiger partial charge on any atom is 0.357 e. The van der Waals surface area contributed by atoms with Crippen LogP contribution in [0.4, 0.5) is 0 Å². The van der Waals surface area contributed by atoms with Gasteiger partial charge in [-0.1, -0.05) is 0 Å². The van der Waals surface area contributed by atoms with Gasteiger partial charge in [-0.3, -0.25) is 0 Å². The molecule has 1 heterocycles. The Morgan fingerprint density at radius 3 is 2.47 bits per heavy atom. The molecule has 0 spiro atoms. The lowest BCUT2D eigenvalue weighted by Crippen LogP contribution is -2.13. The molecule has 0 atom stereocenters. The number of hydrogen-bond donors (Lipinski definition) is 1. The predicted octanol–water partition coefficient (Wildman–Crippen LogP) is 1.34. The molecule has 1 aromatic rings. The normalized spacial score (nSPS) is 10.1. The number of aromatic nitrogens is 1. The van der Waals surface area contributed by atoms with Gasteiger partial charge in [-0.2, -0.15) is 0 Å². The Morgan fingerprint density at radius 1 is 1.40 bits per heavy atom. The first-order chi connectivity index (χ1) is 7.00. The molecule has 5 nitrogen and oxygen atoms in total. The molecule has 0 aliphatic rings. The van der Waals surface area contributed by atoms with Gasteiger partial charge in [0.2, 0.25) is 0 Å². The highest BCUT2D eigenvalue weighted by Crippen LogP contribution is 2.03. The van der Waals surface area contributed by atoms with Crippen molar-refractivity contribution in [3.8, 4) is 0 Å². The molecule has 0 amide bonds. The Kier molecular flexibility index (Phi) is 3.38. The summed E-state index contributed by atoms with van der Waals surface area (Å²) in [5, 5.41) is 8.60. The largest absolute Gasteiger partial charge is 0.478 e. The summed E-state index contributed by atoms with van der Waals surface area (Å²) in [5.41, 5.74) is 0.143. The number of esters is 1. The van der Waals surface area contributed by atoms with Crippen LogP contribution in [-0.4, -0.2) is 28.1 Å². The molecule has 1 N–H and O–H groups in total. The van der Waals surface area contributed by atoms with Crippen LogP contribution in [0, 0.1) is 0 Å². The van der Waals surface area contributed by atoms with E-state index >= 15 is 0 Å². The van der Waals surface area contributed by atoms with Crippen LogP contribution < -0.4 is 0 Å². The quantitative estimate of drug-likeness (QED) is 0.760. The number of carbonyl (C=O) groups is 2. The van der Waals surface area contributed by atoms with E-state index < -0.39 is 11.9 Å². The van der Waals surface area contributed by atoms with Crippen LogP contribution in [0.2, 0.25) is 0 Å². The third-order valence-electron chi connectivity index (χ3n) is 1.56. The topological polar surface area (TPSA) is 76.5 Å². The van der Waals surface area contributed by atoms with E-state index in [2.05, 4.69) is 4.98 Å². The van der Waals surface area contributed by atoms with Crippen molar-refractivity contribution in [3.05, 3.63) is 29.6 Å². The van der Waals surface area contributed by atoms with Crippen molar-refractivity contribution in [2.75, 3.05) is 0 Å². The van der Waals surface area contributed by atoms with Crippen LogP contribution in [0.25, 0.3) is 0 Å². The first-order valence-electron chi connectivity index (χ1n) is 4.41. The molecule has 1 aromatic heterocycles. The number of aromatic carboxylic acids is 1. The molecule has 0 saturated heterocycles. The first kappa shape index (κ1) is 11.2. The predicted molar refractivity (Wildman–Crippen MR) is 51.7 cm³/mol. The molecule has 0 bridgehead atoms. The van der Waals surface area contributed by atoms with E-state index in [9.17, 15) is 9.59 Å². The van der Waals surface area contributed by atoms with Crippen molar-refractivity contribution < 1.29 is 19.4 Å². The fraction of sp³-hybridized carbons (Fsp3) is 0.300. The molecular formula is C10H11NO4. The summed E-state index contributed by atoms with van der Waals surface area (Å²) in [7, 11) is 0. The summed E-state index contributed by atoms with van der Waals surface area (Å²) in [4.78, 5) is 25.5. The van der Waals surface area contributed by atoms with E-state index in [1.54, 1.807) is 13.8 Å². The SMILES string of the molecule is CC(C)OC(=O)c1ccc(C(=O)O)cn1. The van der Waals surface area contributed by atoms with Crippen LogP contribution in [0.1, 0.15) is 34.7 Å². The Bertz CT molecular complexity index is 370. The lowest BCUT2D eigenvalue weighted by Gasteiger charge is -2.06. The van der Waals surface area contributed by atoms with E-state index in [0.717, 1.165) is 6.20 Å². The Labute approximate surface area is 86.7 Å². The molecule has 0 unspecified atom stereocenters. The molecule has 0 aliphatic carbocycles. The van der Waals surface area contributed by atoms with Gasteiger partial charge in [-0.25, -0.2) is 14.6 Å². The number of pyridine rings is 1. The maximum atomic E-state index is 11.3. The van der Waals surface area contributed by atoms with Crippen molar-refractivity contribution in [2.24, 2.45) is 0 Å². The summed E-state index contributed by atoms with van der Waals surface area (Å²) in [6.45, 7) is 3.45. The van der Waals surface area contributed by atoms with Gasteiger partial charge in [0.05, 0.1) is 11.7 Å². The van der Waals surface area contributed by atoms with Crippen LogP contribution in [-0.2, 0) is 4.74 Å². The maximum absolute atomic E-state index is 11.3. The minimum atomic E-state index is -1.08. The van der Waals surface area contributed by atoms with Gasteiger partial charge in [-0.05, 0) is 26.0 Å². The number of hydrogen-bond acceptors (Lipinski definition) is 4. The third-order valence-corrected chi connectivity index (χ3v) is 1.56. The molecule has 1 rings (SSSR count). The average molecular weight is 209 g/mol. The number of rotatable bonds is 3. The second-order valence-corrected chi connectivity index (χ2v) is 3.19. The highest BCUT2D eigenvalue weighted by molar-refractivity contribution is 5.90. The second-order valence-electron chi connectivity index (χ2n) is 3.19. The number of ether oxygens (including phenoxy) is 1. The summed E-state index contributed by atoms with van der Waals surface area (Å²) in [6.07, 6.45) is 0.901. The van der Waals surface area contributed by atoms with E-state index in [-0.39, 0.29) is 17.4 Å². The second kappa shape index (κ2) is 4.54. The van der Waals surface area contributed by atoms with Crippen molar-refractivity contribution in [2.45, 2.75) is 20.0 Å². The molecule has 80 valence electrons. The van der Waals surface area contributed by atoms with E-state index in [4.69, 9.17) is 9.84 Å².